The normalized spacial score (nSPS) is 14.6. The first kappa shape index (κ1) is 15.4. The van der Waals surface area contributed by atoms with Gasteiger partial charge in [0.15, 0.2) is 0 Å². The van der Waals surface area contributed by atoms with Gasteiger partial charge in [-0.05, 0) is 47.2 Å². The lowest BCUT2D eigenvalue weighted by atomic mass is 9.92. The van der Waals surface area contributed by atoms with E-state index in [1.165, 1.54) is 16.7 Å². The highest BCUT2D eigenvalue weighted by atomic mass is 79.9. The van der Waals surface area contributed by atoms with Crippen molar-refractivity contribution in [3.8, 4) is 5.75 Å². The molecule has 0 amide bonds. The molecule has 110 valence electrons. The Kier molecular flexibility index (Phi) is 4.92. The number of halogens is 3. The molecule has 1 aliphatic rings. The van der Waals surface area contributed by atoms with Crippen LogP contribution < -0.4 is 4.74 Å². The molecule has 4 heteroatoms. The molecule has 2 aromatic carbocycles. The molecule has 21 heavy (non-hydrogen) atoms. The predicted octanol–water partition coefficient (Wildman–Crippen LogP) is 5.76. The van der Waals surface area contributed by atoms with Crippen molar-refractivity contribution in [3.05, 3.63) is 62.6 Å². The Bertz CT molecular complexity index is 657. The van der Waals surface area contributed by atoms with Gasteiger partial charge in [0, 0.05) is 21.2 Å². The smallest absolute Gasteiger partial charge is 0.125 e. The minimum absolute atomic E-state index is 0.382. The molecule has 1 atom stereocenters. The standard InChI is InChI=1S/C17H15Br2ClO/c18-10-13(15-3-1-2-4-16(15)19)7-12-9-14(20)8-11-5-6-21-17(11)12/h1-4,8-9,13H,5-7,10H2. The number of hydrogen-bond donors (Lipinski definition) is 0. The molecule has 0 aliphatic carbocycles. The number of alkyl halides is 1. The number of fused-ring (bicyclic) bond motifs is 1. The van der Waals surface area contributed by atoms with E-state index in [1.807, 2.05) is 18.2 Å². The lowest BCUT2D eigenvalue weighted by Gasteiger charge is -2.18. The SMILES string of the molecule is Clc1cc2c(c(CC(CBr)c3ccccc3Br)c1)OCC2. The first-order valence-electron chi connectivity index (χ1n) is 6.93. The van der Waals surface area contributed by atoms with Crippen LogP contribution in [0.3, 0.4) is 0 Å². The van der Waals surface area contributed by atoms with Crippen LogP contribution in [0.25, 0.3) is 0 Å². The van der Waals surface area contributed by atoms with Gasteiger partial charge in [-0.25, -0.2) is 0 Å². The van der Waals surface area contributed by atoms with Crippen LogP contribution in [0.2, 0.25) is 5.02 Å². The molecular formula is C17H15Br2ClO. The van der Waals surface area contributed by atoms with E-state index in [1.54, 1.807) is 0 Å². The van der Waals surface area contributed by atoms with Crippen molar-refractivity contribution in [2.75, 3.05) is 11.9 Å². The number of ether oxygens (including phenoxy) is 1. The molecule has 2 aromatic rings. The van der Waals surface area contributed by atoms with Gasteiger partial charge in [-0.2, -0.15) is 0 Å². The van der Waals surface area contributed by atoms with Gasteiger partial charge < -0.3 is 4.74 Å². The van der Waals surface area contributed by atoms with E-state index in [4.69, 9.17) is 16.3 Å². The summed E-state index contributed by atoms with van der Waals surface area (Å²) in [5.41, 5.74) is 3.74. The second-order valence-corrected chi connectivity index (χ2v) is 7.17. The van der Waals surface area contributed by atoms with Gasteiger partial charge >= 0.3 is 0 Å². The second kappa shape index (κ2) is 6.72. The maximum Gasteiger partial charge on any atom is 0.125 e. The van der Waals surface area contributed by atoms with Crippen molar-refractivity contribution in [2.45, 2.75) is 18.8 Å². The molecule has 1 nitrogen and oxygen atoms in total. The summed E-state index contributed by atoms with van der Waals surface area (Å²) in [6.45, 7) is 0.761. The zero-order valence-electron chi connectivity index (χ0n) is 11.4. The van der Waals surface area contributed by atoms with Crippen LogP contribution in [0, 0.1) is 0 Å². The molecule has 0 spiro atoms. The van der Waals surface area contributed by atoms with Crippen LogP contribution in [0.4, 0.5) is 0 Å². The lowest BCUT2D eigenvalue weighted by molar-refractivity contribution is 0.353. The van der Waals surface area contributed by atoms with Crippen LogP contribution in [-0.2, 0) is 12.8 Å². The van der Waals surface area contributed by atoms with Crippen molar-refractivity contribution in [1.82, 2.24) is 0 Å². The number of benzene rings is 2. The van der Waals surface area contributed by atoms with Gasteiger partial charge in [0.05, 0.1) is 6.61 Å². The Balaban J connectivity index is 1.94. The lowest BCUT2D eigenvalue weighted by Crippen LogP contribution is -2.06. The molecule has 0 fully saturated rings. The van der Waals surface area contributed by atoms with Gasteiger partial charge in [-0.15, -0.1) is 0 Å². The van der Waals surface area contributed by atoms with Crippen molar-refractivity contribution in [3.63, 3.8) is 0 Å². The first-order valence-corrected chi connectivity index (χ1v) is 9.22. The van der Waals surface area contributed by atoms with Crippen LogP contribution in [-0.4, -0.2) is 11.9 Å². The van der Waals surface area contributed by atoms with Crippen molar-refractivity contribution >= 4 is 43.5 Å². The summed E-state index contributed by atoms with van der Waals surface area (Å²) in [5.74, 6) is 1.42. The Labute approximate surface area is 146 Å². The molecular weight excluding hydrogens is 415 g/mol. The maximum atomic E-state index is 6.26. The zero-order valence-corrected chi connectivity index (χ0v) is 15.3. The van der Waals surface area contributed by atoms with Gasteiger partial charge in [-0.1, -0.05) is 61.7 Å². The zero-order chi connectivity index (χ0) is 14.8. The highest BCUT2D eigenvalue weighted by Gasteiger charge is 2.21. The Morgan fingerprint density at radius 1 is 1.24 bits per heavy atom. The molecule has 0 radical (unpaired) electrons. The van der Waals surface area contributed by atoms with E-state index in [0.29, 0.717) is 5.92 Å². The summed E-state index contributed by atoms with van der Waals surface area (Å²) in [4.78, 5) is 0. The third-order valence-electron chi connectivity index (χ3n) is 3.82. The summed E-state index contributed by atoms with van der Waals surface area (Å²) in [6.07, 6.45) is 1.87. The van der Waals surface area contributed by atoms with Crippen LogP contribution in [0.15, 0.2) is 40.9 Å². The third-order valence-corrected chi connectivity index (χ3v) is 5.54. The summed E-state index contributed by atoms with van der Waals surface area (Å²) in [7, 11) is 0. The highest BCUT2D eigenvalue weighted by molar-refractivity contribution is 9.10. The molecule has 3 rings (SSSR count). The Hall–Kier alpha value is -0.510. The molecule has 0 aromatic heterocycles. The van der Waals surface area contributed by atoms with Gasteiger partial charge in [0.1, 0.15) is 5.75 Å². The molecule has 1 aliphatic heterocycles. The Morgan fingerprint density at radius 3 is 2.81 bits per heavy atom. The fourth-order valence-corrected chi connectivity index (χ4v) is 4.27. The van der Waals surface area contributed by atoms with E-state index in [2.05, 4.69) is 50.1 Å². The fourth-order valence-electron chi connectivity index (χ4n) is 2.82. The molecule has 1 heterocycles. The average molecular weight is 431 g/mol. The maximum absolute atomic E-state index is 6.26. The Morgan fingerprint density at radius 2 is 2.05 bits per heavy atom. The fraction of sp³-hybridized carbons (Fsp3) is 0.294. The molecule has 0 saturated heterocycles. The van der Waals surface area contributed by atoms with Gasteiger partial charge in [0.2, 0.25) is 0 Å². The van der Waals surface area contributed by atoms with Gasteiger partial charge in [0.25, 0.3) is 0 Å². The molecule has 0 N–H and O–H groups in total. The predicted molar refractivity (Wildman–Crippen MR) is 95.0 cm³/mol. The second-order valence-electron chi connectivity index (χ2n) is 5.23. The van der Waals surface area contributed by atoms with E-state index < -0.39 is 0 Å². The quantitative estimate of drug-likeness (QED) is 0.561. The minimum Gasteiger partial charge on any atom is -0.493 e. The molecule has 0 bridgehead atoms. The monoisotopic (exact) mass is 428 g/mol. The van der Waals surface area contributed by atoms with E-state index in [0.717, 1.165) is 40.0 Å². The van der Waals surface area contributed by atoms with Gasteiger partial charge in [-0.3, -0.25) is 0 Å². The van der Waals surface area contributed by atoms with E-state index in [-0.39, 0.29) is 0 Å². The van der Waals surface area contributed by atoms with Crippen LogP contribution >= 0.6 is 43.5 Å². The third kappa shape index (κ3) is 3.30. The summed E-state index contributed by atoms with van der Waals surface area (Å²) in [5, 5.41) is 1.70. The van der Waals surface area contributed by atoms with E-state index in [9.17, 15) is 0 Å². The number of hydrogen-bond acceptors (Lipinski definition) is 1. The van der Waals surface area contributed by atoms with Crippen LogP contribution in [0.1, 0.15) is 22.6 Å². The first-order chi connectivity index (χ1) is 10.2. The number of rotatable bonds is 4. The summed E-state index contributed by atoms with van der Waals surface area (Å²) in [6, 6.07) is 12.4. The highest BCUT2D eigenvalue weighted by Crippen LogP contribution is 2.37. The van der Waals surface area contributed by atoms with Crippen molar-refractivity contribution in [1.29, 1.82) is 0 Å². The van der Waals surface area contributed by atoms with E-state index >= 15 is 0 Å². The summed E-state index contributed by atoms with van der Waals surface area (Å²) >= 11 is 13.6. The summed E-state index contributed by atoms with van der Waals surface area (Å²) < 4.78 is 6.96. The average Bonchev–Trinajstić information content (AvgIpc) is 2.93. The topological polar surface area (TPSA) is 9.23 Å². The van der Waals surface area contributed by atoms with Crippen molar-refractivity contribution < 1.29 is 4.74 Å². The van der Waals surface area contributed by atoms with Crippen LogP contribution in [0.5, 0.6) is 5.75 Å². The molecule has 1 unspecified atom stereocenters. The molecule has 0 saturated carbocycles. The minimum atomic E-state index is 0.382. The van der Waals surface area contributed by atoms with Crippen molar-refractivity contribution in [2.24, 2.45) is 0 Å². The largest absolute Gasteiger partial charge is 0.493 e.